The van der Waals surface area contributed by atoms with E-state index in [2.05, 4.69) is 5.32 Å². The SMILES string of the molecule is CC(C)CC(=O)N1CCC(C(=O)Nc2ccc(F)c(F)c2F)CC1. The molecule has 24 heavy (non-hydrogen) atoms. The second kappa shape index (κ2) is 7.68. The Morgan fingerprint density at radius 3 is 2.38 bits per heavy atom. The Morgan fingerprint density at radius 2 is 1.79 bits per heavy atom. The van der Waals surface area contributed by atoms with Gasteiger partial charge in [0.05, 0.1) is 5.69 Å². The fourth-order valence-electron chi connectivity index (χ4n) is 2.73. The summed E-state index contributed by atoms with van der Waals surface area (Å²) in [6.07, 6.45) is 1.39. The van der Waals surface area contributed by atoms with Gasteiger partial charge in [0.25, 0.3) is 0 Å². The molecule has 0 saturated carbocycles. The molecule has 0 bridgehead atoms. The van der Waals surface area contributed by atoms with E-state index in [1.54, 1.807) is 4.90 Å². The molecule has 0 aliphatic carbocycles. The molecule has 0 radical (unpaired) electrons. The highest BCUT2D eigenvalue weighted by molar-refractivity contribution is 5.92. The summed E-state index contributed by atoms with van der Waals surface area (Å²) in [7, 11) is 0. The van der Waals surface area contributed by atoms with Gasteiger partial charge < -0.3 is 10.2 Å². The van der Waals surface area contributed by atoms with Crippen LogP contribution in [0, 0.1) is 29.3 Å². The number of likely N-dealkylation sites (tertiary alicyclic amines) is 1. The van der Waals surface area contributed by atoms with Crippen molar-refractivity contribution in [1.29, 1.82) is 0 Å². The lowest BCUT2D eigenvalue weighted by Gasteiger charge is -2.31. The number of carbonyl (C=O) groups is 2. The van der Waals surface area contributed by atoms with Gasteiger partial charge in [-0.25, -0.2) is 13.2 Å². The lowest BCUT2D eigenvalue weighted by molar-refractivity contribution is -0.135. The molecule has 1 heterocycles. The molecule has 1 aromatic carbocycles. The van der Waals surface area contributed by atoms with Crippen molar-refractivity contribution in [1.82, 2.24) is 4.90 Å². The van der Waals surface area contributed by atoms with E-state index in [1.807, 2.05) is 13.8 Å². The Hall–Kier alpha value is -2.05. The summed E-state index contributed by atoms with van der Waals surface area (Å²) in [5.41, 5.74) is -0.378. The maximum atomic E-state index is 13.6. The van der Waals surface area contributed by atoms with Gasteiger partial charge in [0.15, 0.2) is 17.5 Å². The zero-order valence-electron chi connectivity index (χ0n) is 13.7. The number of anilines is 1. The molecule has 1 saturated heterocycles. The predicted octanol–water partition coefficient (Wildman–Crippen LogP) is 3.33. The molecule has 0 aromatic heterocycles. The molecule has 2 rings (SSSR count). The lowest BCUT2D eigenvalue weighted by Crippen LogP contribution is -2.41. The first-order chi connectivity index (χ1) is 11.3. The third-order valence-corrected chi connectivity index (χ3v) is 4.09. The average Bonchev–Trinajstić information content (AvgIpc) is 2.55. The van der Waals surface area contributed by atoms with Crippen molar-refractivity contribution in [2.24, 2.45) is 11.8 Å². The number of piperidine rings is 1. The van der Waals surface area contributed by atoms with Gasteiger partial charge in [-0.15, -0.1) is 0 Å². The molecule has 0 spiro atoms. The number of benzene rings is 1. The van der Waals surface area contributed by atoms with E-state index in [1.165, 1.54) is 0 Å². The molecular formula is C17H21F3N2O2. The first kappa shape index (κ1) is 18.3. The zero-order chi connectivity index (χ0) is 17.9. The van der Waals surface area contributed by atoms with E-state index in [9.17, 15) is 22.8 Å². The first-order valence-corrected chi connectivity index (χ1v) is 8.01. The number of hydrogen-bond donors (Lipinski definition) is 1. The van der Waals surface area contributed by atoms with Crippen molar-refractivity contribution >= 4 is 17.5 Å². The van der Waals surface area contributed by atoms with E-state index in [0.29, 0.717) is 32.4 Å². The van der Waals surface area contributed by atoms with Crippen LogP contribution in [0.5, 0.6) is 0 Å². The number of nitrogens with one attached hydrogen (secondary N) is 1. The van der Waals surface area contributed by atoms with Crippen molar-refractivity contribution in [3.8, 4) is 0 Å². The lowest BCUT2D eigenvalue weighted by atomic mass is 9.95. The number of hydrogen-bond acceptors (Lipinski definition) is 2. The van der Waals surface area contributed by atoms with Crippen molar-refractivity contribution in [2.75, 3.05) is 18.4 Å². The van der Waals surface area contributed by atoms with Crippen LogP contribution < -0.4 is 5.32 Å². The normalized spacial score (nSPS) is 15.7. The van der Waals surface area contributed by atoms with E-state index >= 15 is 0 Å². The van der Waals surface area contributed by atoms with Crippen LogP contribution in [0.3, 0.4) is 0 Å². The number of halogens is 3. The van der Waals surface area contributed by atoms with Gasteiger partial charge in [-0.05, 0) is 30.9 Å². The minimum Gasteiger partial charge on any atom is -0.343 e. The third-order valence-electron chi connectivity index (χ3n) is 4.09. The molecular weight excluding hydrogens is 321 g/mol. The minimum atomic E-state index is -1.61. The van der Waals surface area contributed by atoms with Crippen LogP contribution in [-0.2, 0) is 9.59 Å². The number of nitrogens with zero attached hydrogens (tertiary/aromatic N) is 1. The smallest absolute Gasteiger partial charge is 0.227 e. The van der Waals surface area contributed by atoms with Crippen LogP contribution in [0.1, 0.15) is 33.1 Å². The fraction of sp³-hybridized carbons (Fsp3) is 0.529. The highest BCUT2D eigenvalue weighted by Crippen LogP contribution is 2.23. The summed E-state index contributed by atoms with van der Waals surface area (Å²) < 4.78 is 39.7. The molecule has 1 aromatic rings. The highest BCUT2D eigenvalue weighted by atomic mass is 19.2. The number of amides is 2. The molecule has 1 aliphatic heterocycles. The van der Waals surface area contributed by atoms with Crippen LogP contribution in [0.15, 0.2) is 12.1 Å². The van der Waals surface area contributed by atoms with Crippen molar-refractivity contribution in [2.45, 2.75) is 33.1 Å². The standard InChI is InChI=1S/C17H21F3N2O2/c1-10(2)9-14(23)22-7-5-11(6-8-22)17(24)21-13-4-3-12(18)15(19)16(13)20/h3-4,10-11H,5-9H2,1-2H3,(H,21,24). The molecule has 1 aliphatic rings. The van der Waals surface area contributed by atoms with Crippen LogP contribution >= 0.6 is 0 Å². The zero-order valence-corrected chi connectivity index (χ0v) is 13.7. The first-order valence-electron chi connectivity index (χ1n) is 8.01. The summed E-state index contributed by atoms with van der Waals surface area (Å²) in [4.78, 5) is 25.9. The van der Waals surface area contributed by atoms with E-state index in [-0.39, 0.29) is 23.4 Å². The fourth-order valence-corrected chi connectivity index (χ4v) is 2.73. The summed E-state index contributed by atoms with van der Waals surface area (Å²) in [6.45, 7) is 4.86. The Balaban J connectivity index is 1.92. The maximum Gasteiger partial charge on any atom is 0.227 e. The van der Waals surface area contributed by atoms with Crippen LogP contribution in [0.2, 0.25) is 0 Å². The third kappa shape index (κ3) is 4.27. The number of carbonyl (C=O) groups excluding carboxylic acids is 2. The molecule has 132 valence electrons. The van der Waals surface area contributed by atoms with Crippen LogP contribution in [-0.4, -0.2) is 29.8 Å². The quantitative estimate of drug-likeness (QED) is 0.854. The summed E-state index contributed by atoms with van der Waals surface area (Å²) in [5.74, 6) is -4.82. The monoisotopic (exact) mass is 342 g/mol. The van der Waals surface area contributed by atoms with Gasteiger partial charge in [-0.2, -0.15) is 0 Å². The minimum absolute atomic E-state index is 0.0653. The number of rotatable bonds is 4. The largest absolute Gasteiger partial charge is 0.343 e. The topological polar surface area (TPSA) is 49.4 Å². The average molecular weight is 342 g/mol. The molecule has 0 unspecified atom stereocenters. The van der Waals surface area contributed by atoms with E-state index in [0.717, 1.165) is 12.1 Å². The van der Waals surface area contributed by atoms with Gasteiger partial charge in [0.2, 0.25) is 11.8 Å². The van der Waals surface area contributed by atoms with Gasteiger partial charge >= 0.3 is 0 Å². The molecule has 4 nitrogen and oxygen atoms in total. The van der Waals surface area contributed by atoms with Gasteiger partial charge in [0, 0.05) is 25.4 Å². The molecule has 0 atom stereocenters. The Bertz CT molecular complexity index is 627. The highest BCUT2D eigenvalue weighted by Gasteiger charge is 2.28. The van der Waals surface area contributed by atoms with Crippen molar-refractivity contribution in [3.05, 3.63) is 29.6 Å². The Kier molecular flexibility index (Phi) is 5.85. The summed E-state index contributed by atoms with van der Waals surface area (Å²) >= 11 is 0. The molecule has 1 fully saturated rings. The molecule has 2 amide bonds. The van der Waals surface area contributed by atoms with Gasteiger partial charge in [0.1, 0.15) is 0 Å². The predicted molar refractivity (Wildman–Crippen MR) is 83.7 cm³/mol. The van der Waals surface area contributed by atoms with Crippen molar-refractivity contribution < 1.29 is 22.8 Å². The van der Waals surface area contributed by atoms with E-state index < -0.39 is 23.4 Å². The second-order valence-corrected chi connectivity index (χ2v) is 6.47. The Morgan fingerprint density at radius 1 is 1.17 bits per heavy atom. The van der Waals surface area contributed by atoms with Gasteiger partial charge in [-0.1, -0.05) is 13.8 Å². The van der Waals surface area contributed by atoms with Crippen LogP contribution in [0.25, 0.3) is 0 Å². The van der Waals surface area contributed by atoms with E-state index in [4.69, 9.17) is 0 Å². The Labute approximate surface area is 139 Å². The van der Waals surface area contributed by atoms with Crippen molar-refractivity contribution in [3.63, 3.8) is 0 Å². The molecule has 1 N–H and O–H groups in total. The summed E-state index contributed by atoms with van der Waals surface area (Å²) in [5, 5.41) is 2.30. The van der Waals surface area contributed by atoms with Gasteiger partial charge in [-0.3, -0.25) is 9.59 Å². The maximum absolute atomic E-state index is 13.6. The summed E-state index contributed by atoms with van der Waals surface area (Å²) in [6, 6.07) is 1.76. The molecule has 7 heteroatoms. The van der Waals surface area contributed by atoms with Crippen LogP contribution in [0.4, 0.5) is 18.9 Å². The second-order valence-electron chi connectivity index (χ2n) is 6.47.